The number of nitrogens with zero attached hydrogens (tertiary/aromatic N) is 1. The molecule has 0 aromatic heterocycles. The Balaban J connectivity index is 0.00000338. The van der Waals surface area contributed by atoms with Gasteiger partial charge in [-0.25, -0.2) is 0 Å². The molecule has 0 saturated carbocycles. The van der Waals surface area contributed by atoms with Gasteiger partial charge in [0.05, 0.1) is 18.6 Å². The second-order valence-electron chi connectivity index (χ2n) is 7.01. The lowest BCUT2D eigenvalue weighted by atomic mass is 9.89. The first-order valence-corrected chi connectivity index (χ1v) is 9.30. The highest BCUT2D eigenvalue weighted by molar-refractivity contribution is 5.85. The smallest absolute Gasteiger partial charge is 0.317 e. The van der Waals surface area contributed by atoms with Crippen LogP contribution in [0.25, 0.3) is 0 Å². The van der Waals surface area contributed by atoms with E-state index in [1.807, 2.05) is 13.8 Å². The summed E-state index contributed by atoms with van der Waals surface area (Å²) >= 11 is 0. The Bertz CT molecular complexity index is 621. The first-order chi connectivity index (χ1) is 11.9. The Morgan fingerprint density at radius 1 is 1.19 bits per heavy atom. The van der Waals surface area contributed by atoms with Crippen LogP contribution in [0.4, 0.5) is 0 Å². The van der Waals surface area contributed by atoms with Gasteiger partial charge in [-0.2, -0.15) is 0 Å². The summed E-state index contributed by atoms with van der Waals surface area (Å²) in [4.78, 5) is 25.3. The number of hydrogen-bond acceptors (Lipinski definition) is 3. The van der Waals surface area contributed by atoms with Crippen LogP contribution in [0.5, 0.6) is 0 Å². The Morgan fingerprint density at radius 2 is 1.85 bits per heavy atom. The fourth-order valence-corrected chi connectivity index (χ4v) is 3.48. The lowest BCUT2D eigenvalue weighted by Crippen LogP contribution is -2.47. The maximum absolute atomic E-state index is 12.6. The van der Waals surface area contributed by atoms with Crippen molar-refractivity contribution in [3.8, 4) is 0 Å². The molecule has 1 amide bonds. The predicted molar refractivity (Wildman–Crippen MR) is 106 cm³/mol. The number of fused-ring (bicyclic) bond motifs is 1. The number of aryl methyl sites for hydroxylation is 2. The minimum absolute atomic E-state index is 0. The van der Waals surface area contributed by atoms with Crippen molar-refractivity contribution in [2.24, 2.45) is 0 Å². The second-order valence-corrected chi connectivity index (χ2v) is 7.01. The average Bonchev–Trinajstić information content (AvgIpc) is 2.59. The van der Waals surface area contributed by atoms with E-state index in [4.69, 9.17) is 5.11 Å². The molecule has 146 valence electrons. The molecular weight excluding hydrogens is 352 g/mol. The highest BCUT2D eigenvalue weighted by Crippen LogP contribution is 2.24. The summed E-state index contributed by atoms with van der Waals surface area (Å²) in [6.45, 7) is 6.21. The summed E-state index contributed by atoms with van der Waals surface area (Å²) in [6, 6.07) is 5.95. The summed E-state index contributed by atoms with van der Waals surface area (Å²) in [6.07, 6.45) is 5.56. The van der Waals surface area contributed by atoms with Crippen molar-refractivity contribution in [1.82, 2.24) is 10.2 Å². The topological polar surface area (TPSA) is 69.6 Å². The van der Waals surface area contributed by atoms with Gasteiger partial charge in [0.15, 0.2) is 0 Å². The van der Waals surface area contributed by atoms with E-state index in [0.29, 0.717) is 6.54 Å². The summed E-state index contributed by atoms with van der Waals surface area (Å²) in [7, 11) is 0. The van der Waals surface area contributed by atoms with Crippen molar-refractivity contribution in [3.05, 3.63) is 34.9 Å². The zero-order valence-corrected chi connectivity index (χ0v) is 16.8. The van der Waals surface area contributed by atoms with Crippen LogP contribution >= 0.6 is 12.4 Å². The lowest BCUT2D eigenvalue weighted by Gasteiger charge is -2.28. The van der Waals surface area contributed by atoms with Gasteiger partial charge in [0.1, 0.15) is 0 Å². The summed E-state index contributed by atoms with van der Waals surface area (Å²) in [5.74, 6) is -1.03. The van der Waals surface area contributed by atoms with E-state index in [9.17, 15) is 9.59 Å². The van der Waals surface area contributed by atoms with E-state index >= 15 is 0 Å². The van der Waals surface area contributed by atoms with E-state index in [2.05, 4.69) is 23.5 Å². The maximum atomic E-state index is 12.6. The highest BCUT2D eigenvalue weighted by Gasteiger charge is 2.24. The number of halogens is 1. The molecule has 0 bridgehead atoms. The van der Waals surface area contributed by atoms with Crippen molar-refractivity contribution in [2.45, 2.75) is 65.0 Å². The Kier molecular flexibility index (Phi) is 9.09. The van der Waals surface area contributed by atoms with Gasteiger partial charge in [-0.15, -0.1) is 12.4 Å². The van der Waals surface area contributed by atoms with Crippen molar-refractivity contribution >= 4 is 24.3 Å². The third-order valence-electron chi connectivity index (χ3n) is 5.01. The molecule has 0 fully saturated rings. The minimum atomic E-state index is -0.907. The van der Waals surface area contributed by atoms with Gasteiger partial charge >= 0.3 is 5.97 Å². The summed E-state index contributed by atoms with van der Waals surface area (Å²) < 4.78 is 0. The van der Waals surface area contributed by atoms with Crippen LogP contribution in [-0.2, 0) is 22.4 Å². The van der Waals surface area contributed by atoms with E-state index < -0.39 is 12.0 Å². The van der Waals surface area contributed by atoms with Gasteiger partial charge in [-0.1, -0.05) is 25.1 Å². The monoisotopic (exact) mass is 382 g/mol. The van der Waals surface area contributed by atoms with Crippen LogP contribution in [0.15, 0.2) is 18.2 Å². The number of rotatable bonds is 8. The quantitative estimate of drug-likeness (QED) is 0.723. The number of benzene rings is 1. The Labute approximate surface area is 162 Å². The molecular formula is C20H31ClN2O3. The fraction of sp³-hybridized carbons (Fsp3) is 0.600. The second kappa shape index (κ2) is 10.5. The van der Waals surface area contributed by atoms with Crippen LogP contribution in [0.2, 0.25) is 0 Å². The lowest BCUT2D eigenvalue weighted by molar-refractivity contribution is -0.139. The molecule has 26 heavy (non-hydrogen) atoms. The molecule has 2 rings (SSSR count). The SMILES string of the molecule is CCCN(CC(=O)O)C(C)C(=O)NC(C)c1ccc2c(c1)CCCC2.Cl. The number of carboxylic acids is 1. The maximum Gasteiger partial charge on any atom is 0.317 e. The Hall–Kier alpha value is -1.59. The zero-order valence-electron chi connectivity index (χ0n) is 16.0. The molecule has 1 aromatic rings. The van der Waals surface area contributed by atoms with Crippen molar-refractivity contribution in [1.29, 1.82) is 0 Å². The minimum Gasteiger partial charge on any atom is -0.480 e. The van der Waals surface area contributed by atoms with Gasteiger partial charge in [-0.05, 0) is 69.2 Å². The van der Waals surface area contributed by atoms with Crippen LogP contribution in [0.3, 0.4) is 0 Å². The molecule has 0 radical (unpaired) electrons. The van der Waals surface area contributed by atoms with E-state index in [-0.39, 0.29) is 30.9 Å². The summed E-state index contributed by atoms with van der Waals surface area (Å²) in [5, 5.41) is 12.1. The molecule has 2 N–H and O–H groups in total. The van der Waals surface area contributed by atoms with E-state index in [0.717, 1.165) is 24.8 Å². The molecule has 5 nitrogen and oxygen atoms in total. The van der Waals surface area contributed by atoms with Gasteiger partial charge < -0.3 is 10.4 Å². The van der Waals surface area contributed by atoms with Gasteiger partial charge in [0.2, 0.25) is 5.91 Å². The van der Waals surface area contributed by atoms with Crippen molar-refractivity contribution in [2.75, 3.05) is 13.1 Å². The van der Waals surface area contributed by atoms with Crippen LogP contribution in [0.1, 0.15) is 62.8 Å². The van der Waals surface area contributed by atoms with Crippen molar-refractivity contribution in [3.63, 3.8) is 0 Å². The number of amides is 1. The molecule has 1 aliphatic carbocycles. The molecule has 0 spiro atoms. The Morgan fingerprint density at radius 3 is 2.46 bits per heavy atom. The predicted octanol–water partition coefficient (Wildman–Crippen LogP) is 3.35. The first-order valence-electron chi connectivity index (χ1n) is 9.30. The number of aliphatic carboxylic acids is 1. The normalized spacial score (nSPS) is 15.5. The van der Waals surface area contributed by atoms with E-state index in [1.165, 1.54) is 24.0 Å². The van der Waals surface area contributed by atoms with Crippen molar-refractivity contribution < 1.29 is 14.7 Å². The molecule has 1 aromatic carbocycles. The summed E-state index contributed by atoms with van der Waals surface area (Å²) in [5.41, 5.74) is 3.94. The van der Waals surface area contributed by atoms with Crippen LogP contribution in [-0.4, -0.2) is 41.0 Å². The third kappa shape index (κ3) is 5.99. The van der Waals surface area contributed by atoms with Crippen LogP contribution < -0.4 is 5.32 Å². The van der Waals surface area contributed by atoms with E-state index in [1.54, 1.807) is 11.8 Å². The molecule has 0 saturated heterocycles. The molecule has 6 heteroatoms. The number of carbonyl (C=O) groups is 2. The number of hydrogen-bond donors (Lipinski definition) is 2. The number of carboxylic acid groups (broad SMARTS) is 1. The van der Waals surface area contributed by atoms with Gasteiger partial charge in [0.25, 0.3) is 0 Å². The first kappa shape index (κ1) is 22.5. The van der Waals surface area contributed by atoms with Gasteiger partial charge in [0, 0.05) is 0 Å². The van der Waals surface area contributed by atoms with Gasteiger partial charge in [-0.3, -0.25) is 14.5 Å². The largest absolute Gasteiger partial charge is 0.480 e. The molecule has 2 atom stereocenters. The third-order valence-corrected chi connectivity index (χ3v) is 5.01. The number of nitrogens with one attached hydrogen (secondary N) is 1. The fourth-order valence-electron chi connectivity index (χ4n) is 3.48. The zero-order chi connectivity index (χ0) is 18.4. The highest BCUT2D eigenvalue weighted by atomic mass is 35.5. The average molecular weight is 383 g/mol. The molecule has 0 heterocycles. The number of carbonyl (C=O) groups excluding carboxylic acids is 1. The molecule has 0 aliphatic heterocycles. The van der Waals surface area contributed by atoms with Crippen LogP contribution in [0, 0.1) is 0 Å². The molecule has 2 unspecified atom stereocenters. The standard InChI is InChI=1S/C20H30N2O3.ClH/c1-4-11-22(13-19(23)24)15(3)20(25)21-14(2)17-10-9-16-7-5-6-8-18(16)12-17;/h9-10,12,14-15H,4-8,11,13H2,1-3H3,(H,21,25)(H,23,24);1H. The molecule has 1 aliphatic rings.